The number of carbonyl (C=O) groups excluding carboxylic acids is 1. The number of primary amides is 1. The number of carbonyl (C=O) groups is 1. The molecule has 2 rings (SSSR count). The van der Waals surface area contributed by atoms with Gasteiger partial charge in [-0.05, 0) is 0 Å². The van der Waals surface area contributed by atoms with Crippen LogP contribution >= 0.6 is 7.82 Å². The molecule has 0 aromatic carbocycles. The van der Waals surface area contributed by atoms with Crippen LogP contribution in [0, 0.1) is 0 Å². The van der Waals surface area contributed by atoms with E-state index in [0.717, 1.165) is 10.9 Å². The monoisotopic (exact) mass is 324 g/mol. The van der Waals surface area contributed by atoms with Crippen molar-refractivity contribution in [2.24, 2.45) is 5.73 Å². The lowest BCUT2D eigenvalue weighted by Gasteiger charge is -2.14. The van der Waals surface area contributed by atoms with Crippen molar-refractivity contribution < 1.29 is 38.6 Å². The Bertz CT molecular complexity index is 572. The van der Waals surface area contributed by atoms with Gasteiger partial charge in [0.2, 0.25) is 0 Å². The molecule has 0 saturated carbocycles. The van der Waals surface area contributed by atoms with E-state index < -0.39 is 44.9 Å². The Kier molecular flexibility index (Phi) is 4.39. The zero-order chi connectivity index (χ0) is 15.8. The highest BCUT2D eigenvalue weighted by molar-refractivity contribution is 7.46. The van der Waals surface area contributed by atoms with Crippen molar-refractivity contribution in [1.29, 1.82) is 0 Å². The van der Waals surface area contributed by atoms with Gasteiger partial charge in [0.25, 0.3) is 5.91 Å². The zero-order valence-corrected chi connectivity index (χ0v) is 11.3. The predicted molar refractivity (Wildman–Crippen MR) is 62.5 cm³/mol. The van der Waals surface area contributed by atoms with Crippen LogP contribution < -0.4 is 5.73 Å². The molecule has 1 fully saturated rings. The zero-order valence-electron chi connectivity index (χ0n) is 10.4. The van der Waals surface area contributed by atoms with Gasteiger partial charge in [-0.1, -0.05) is 5.21 Å². The Morgan fingerprint density at radius 1 is 1.48 bits per heavy atom. The van der Waals surface area contributed by atoms with Crippen LogP contribution in [-0.4, -0.2) is 65.8 Å². The minimum atomic E-state index is -4.73. The lowest BCUT2D eigenvalue weighted by atomic mass is 10.1. The standard InChI is InChI=1S/C8H13N4O8P/c9-7(15)3-1-12(11-10-3)8-6(14)5(13)4(20-8)2-19-21(16,17)18/h1,4-6,8,13-14H,2H2,(H2,9,15)(H2,16,17,18)/t4-,5-,6-,8-/m1/s1. The number of amides is 1. The number of rotatable bonds is 5. The first kappa shape index (κ1) is 16.0. The third-order valence-electron chi connectivity index (χ3n) is 2.77. The number of nitrogens with zero attached hydrogens (tertiary/aromatic N) is 3. The van der Waals surface area contributed by atoms with Crippen molar-refractivity contribution in [3.8, 4) is 0 Å². The van der Waals surface area contributed by atoms with E-state index in [9.17, 15) is 19.6 Å². The fourth-order valence-corrected chi connectivity index (χ4v) is 2.11. The van der Waals surface area contributed by atoms with Crippen LogP contribution in [0.3, 0.4) is 0 Å². The van der Waals surface area contributed by atoms with Gasteiger partial charge >= 0.3 is 7.82 Å². The van der Waals surface area contributed by atoms with Gasteiger partial charge in [-0.25, -0.2) is 9.25 Å². The van der Waals surface area contributed by atoms with Crippen LogP contribution in [0.5, 0.6) is 0 Å². The van der Waals surface area contributed by atoms with Gasteiger partial charge in [-0.2, -0.15) is 0 Å². The highest BCUT2D eigenvalue weighted by Crippen LogP contribution is 2.38. The molecule has 1 aliphatic rings. The Morgan fingerprint density at radius 2 is 2.14 bits per heavy atom. The molecule has 1 aromatic rings. The van der Waals surface area contributed by atoms with Gasteiger partial charge < -0.3 is 30.5 Å². The number of nitrogens with two attached hydrogens (primary N) is 1. The molecule has 1 aliphatic heterocycles. The minimum Gasteiger partial charge on any atom is -0.387 e. The van der Waals surface area contributed by atoms with Crippen LogP contribution in [0.4, 0.5) is 0 Å². The summed E-state index contributed by atoms with van der Waals surface area (Å²) in [6.07, 6.45) is -4.22. The summed E-state index contributed by atoms with van der Waals surface area (Å²) in [4.78, 5) is 28.1. The second-order valence-electron chi connectivity index (χ2n) is 4.28. The highest BCUT2D eigenvalue weighted by atomic mass is 31.2. The van der Waals surface area contributed by atoms with Crippen molar-refractivity contribution in [1.82, 2.24) is 15.0 Å². The molecular formula is C8H13N4O8P. The number of ether oxygens (including phenoxy) is 1. The molecule has 1 amide bonds. The largest absolute Gasteiger partial charge is 0.469 e. The Hall–Kier alpha value is -1.40. The summed E-state index contributed by atoms with van der Waals surface area (Å²) in [5, 5.41) is 26.5. The van der Waals surface area contributed by atoms with Crippen molar-refractivity contribution >= 4 is 13.7 Å². The van der Waals surface area contributed by atoms with Crippen molar-refractivity contribution in [2.45, 2.75) is 24.5 Å². The number of aromatic nitrogens is 3. The van der Waals surface area contributed by atoms with E-state index >= 15 is 0 Å². The number of phosphoric ester groups is 1. The van der Waals surface area contributed by atoms with E-state index in [-0.39, 0.29) is 5.69 Å². The molecule has 0 aliphatic carbocycles. The van der Waals surface area contributed by atoms with E-state index in [0.29, 0.717) is 0 Å². The fraction of sp³-hybridized carbons (Fsp3) is 0.625. The summed E-state index contributed by atoms with van der Waals surface area (Å²) in [7, 11) is -4.73. The van der Waals surface area contributed by atoms with Gasteiger partial charge in [0, 0.05) is 0 Å². The number of aliphatic hydroxyl groups excluding tert-OH is 2. The molecule has 6 N–H and O–H groups in total. The average molecular weight is 324 g/mol. The van der Waals surface area contributed by atoms with Crippen molar-refractivity contribution in [3.05, 3.63) is 11.9 Å². The van der Waals surface area contributed by atoms with Gasteiger partial charge in [0.15, 0.2) is 11.9 Å². The minimum absolute atomic E-state index is 0.171. The second-order valence-corrected chi connectivity index (χ2v) is 5.52. The van der Waals surface area contributed by atoms with E-state index in [1.807, 2.05) is 0 Å². The molecule has 21 heavy (non-hydrogen) atoms. The van der Waals surface area contributed by atoms with Crippen LogP contribution in [0.1, 0.15) is 16.7 Å². The molecule has 13 heteroatoms. The molecule has 0 bridgehead atoms. The lowest BCUT2D eigenvalue weighted by molar-refractivity contribution is -0.0586. The topological polar surface area (TPSA) is 190 Å². The fourth-order valence-electron chi connectivity index (χ4n) is 1.77. The smallest absolute Gasteiger partial charge is 0.387 e. The van der Waals surface area contributed by atoms with E-state index in [1.54, 1.807) is 0 Å². The van der Waals surface area contributed by atoms with Gasteiger partial charge in [0.1, 0.15) is 18.3 Å². The number of phosphoric acid groups is 1. The van der Waals surface area contributed by atoms with Crippen molar-refractivity contribution in [3.63, 3.8) is 0 Å². The molecule has 0 radical (unpaired) electrons. The molecule has 12 nitrogen and oxygen atoms in total. The Morgan fingerprint density at radius 3 is 2.67 bits per heavy atom. The number of hydrogen-bond acceptors (Lipinski definition) is 8. The van der Waals surface area contributed by atoms with Crippen LogP contribution in [0.15, 0.2) is 6.20 Å². The maximum atomic E-state index is 10.9. The van der Waals surface area contributed by atoms with E-state index in [1.165, 1.54) is 0 Å². The van der Waals surface area contributed by atoms with Gasteiger partial charge in [-0.15, -0.1) is 5.10 Å². The first-order chi connectivity index (χ1) is 9.69. The molecule has 0 unspecified atom stereocenters. The average Bonchev–Trinajstić information content (AvgIpc) is 2.94. The normalized spacial score (nSPS) is 29.7. The summed E-state index contributed by atoms with van der Waals surface area (Å²) in [6, 6.07) is 0. The molecular weight excluding hydrogens is 311 g/mol. The van der Waals surface area contributed by atoms with Crippen LogP contribution in [-0.2, 0) is 13.8 Å². The van der Waals surface area contributed by atoms with Crippen LogP contribution in [0.25, 0.3) is 0 Å². The molecule has 4 atom stereocenters. The quantitative estimate of drug-likeness (QED) is 0.351. The lowest BCUT2D eigenvalue weighted by Crippen LogP contribution is -2.33. The third-order valence-corrected chi connectivity index (χ3v) is 3.25. The Labute approximate surface area is 117 Å². The predicted octanol–water partition coefficient (Wildman–Crippen LogP) is -2.89. The maximum Gasteiger partial charge on any atom is 0.469 e. The third kappa shape index (κ3) is 3.63. The molecule has 1 aromatic heterocycles. The molecule has 1 saturated heterocycles. The molecule has 0 spiro atoms. The summed E-state index contributed by atoms with van der Waals surface area (Å²) in [5.74, 6) is -0.837. The number of aliphatic hydroxyl groups is 2. The van der Waals surface area contributed by atoms with Gasteiger partial charge in [-0.3, -0.25) is 9.32 Å². The first-order valence-corrected chi connectivity index (χ1v) is 7.15. The maximum absolute atomic E-state index is 10.9. The summed E-state index contributed by atoms with van der Waals surface area (Å²) in [6.45, 7) is -0.642. The van der Waals surface area contributed by atoms with Crippen LogP contribution in [0.2, 0.25) is 0 Å². The van der Waals surface area contributed by atoms with Crippen molar-refractivity contribution in [2.75, 3.05) is 6.61 Å². The number of hydrogen-bond donors (Lipinski definition) is 5. The SMILES string of the molecule is NC(=O)c1cn([C@@H]2O[C@H](COP(=O)(O)O)[C@@H](O)[C@H]2O)nn1. The highest BCUT2D eigenvalue weighted by Gasteiger charge is 2.45. The second kappa shape index (κ2) is 5.77. The Balaban J connectivity index is 2.08. The summed E-state index contributed by atoms with van der Waals surface area (Å²) < 4.78 is 21.0. The molecule has 2 heterocycles. The summed E-state index contributed by atoms with van der Waals surface area (Å²) >= 11 is 0. The summed E-state index contributed by atoms with van der Waals surface area (Å²) in [5.41, 5.74) is 4.83. The first-order valence-electron chi connectivity index (χ1n) is 5.62. The molecule has 118 valence electrons. The van der Waals surface area contributed by atoms with E-state index in [4.69, 9.17) is 20.3 Å². The van der Waals surface area contributed by atoms with E-state index in [2.05, 4.69) is 14.8 Å². The van der Waals surface area contributed by atoms with Gasteiger partial charge in [0.05, 0.1) is 12.8 Å².